The zero-order chi connectivity index (χ0) is 24.0. The molecule has 0 saturated carbocycles. The summed E-state index contributed by atoms with van der Waals surface area (Å²) in [5.41, 5.74) is 11.5. The van der Waals surface area contributed by atoms with Crippen molar-refractivity contribution in [2.45, 2.75) is 13.0 Å². The van der Waals surface area contributed by atoms with Gasteiger partial charge in [-0.3, -0.25) is 4.79 Å². The zero-order valence-electron chi connectivity index (χ0n) is 18.8. The fraction of sp³-hybridized carbons (Fsp3) is 0.138. The van der Waals surface area contributed by atoms with Crippen LogP contribution in [0.5, 0.6) is 0 Å². The van der Waals surface area contributed by atoms with Crippen molar-refractivity contribution in [1.29, 1.82) is 0 Å². The molecule has 5 aromatic rings. The molecule has 1 atom stereocenters. The maximum atomic E-state index is 12.8. The quantitative estimate of drug-likeness (QED) is 0.295. The Labute approximate surface area is 215 Å². The third kappa shape index (κ3) is 4.19. The van der Waals surface area contributed by atoms with Crippen molar-refractivity contribution in [2.75, 3.05) is 0 Å². The molecule has 0 fully saturated rings. The molecule has 4 nitrogen and oxygen atoms in total. The Kier molecular flexibility index (Phi) is 6.65. The zero-order valence-corrected chi connectivity index (χ0v) is 20.3. The molecule has 35 heavy (non-hydrogen) atoms. The summed E-state index contributed by atoms with van der Waals surface area (Å²) in [6.07, 6.45) is 1.98. The van der Waals surface area contributed by atoms with Crippen LogP contribution in [-0.4, -0.2) is 9.13 Å². The van der Waals surface area contributed by atoms with Gasteiger partial charge < -0.3 is 14.9 Å². The molecule has 2 aromatic heterocycles. The van der Waals surface area contributed by atoms with E-state index in [-0.39, 0.29) is 13.0 Å². The molecule has 1 unspecified atom stereocenters. The summed E-state index contributed by atoms with van der Waals surface area (Å²) in [5.74, 6) is 0. The lowest BCUT2D eigenvalue weighted by molar-refractivity contribution is 0.596. The lowest BCUT2D eigenvalue weighted by Gasteiger charge is -2.32. The second-order valence-electron chi connectivity index (χ2n) is 8.52. The molecule has 6 heteroatoms. The van der Waals surface area contributed by atoms with Gasteiger partial charge in [0.1, 0.15) is 5.54 Å². The summed E-state index contributed by atoms with van der Waals surface area (Å²) in [5, 5.41) is 2.18. The first-order valence-electron chi connectivity index (χ1n) is 10.9. The van der Waals surface area contributed by atoms with E-state index in [0.717, 1.165) is 38.9 Å². The SMILES string of the molecule is C.Cn1cccc1C(N)(c1ccc(Cl)cc1)c1ccc2c(c1)c(-c1cccc(Cl)c1)cc(=O)n2C. The Hall–Kier alpha value is -3.31. The molecule has 0 amide bonds. The van der Waals surface area contributed by atoms with Gasteiger partial charge in [0.25, 0.3) is 5.56 Å². The van der Waals surface area contributed by atoms with Crippen LogP contribution in [0.1, 0.15) is 24.2 Å². The molecule has 2 heterocycles. The highest BCUT2D eigenvalue weighted by molar-refractivity contribution is 6.31. The van der Waals surface area contributed by atoms with Crippen LogP contribution in [0.15, 0.2) is 95.9 Å². The van der Waals surface area contributed by atoms with Crippen LogP contribution >= 0.6 is 23.2 Å². The van der Waals surface area contributed by atoms with E-state index in [1.54, 1.807) is 17.7 Å². The third-order valence-corrected chi connectivity index (χ3v) is 6.97. The molecule has 178 valence electrons. The predicted molar refractivity (Wildman–Crippen MR) is 147 cm³/mol. The van der Waals surface area contributed by atoms with E-state index in [0.29, 0.717) is 10.0 Å². The fourth-order valence-corrected chi connectivity index (χ4v) is 4.96. The smallest absolute Gasteiger partial charge is 0.251 e. The van der Waals surface area contributed by atoms with E-state index in [1.165, 1.54) is 0 Å². The lowest BCUT2D eigenvalue weighted by Crippen LogP contribution is -2.41. The largest absolute Gasteiger partial charge is 0.352 e. The molecule has 0 spiro atoms. The molecule has 3 aromatic carbocycles. The van der Waals surface area contributed by atoms with Gasteiger partial charge in [-0.25, -0.2) is 0 Å². The number of fused-ring (bicyclic) bond motifs is 1. The summed E-state index contributed by atoms with van der Waals surface area (Å²) >= 11 is 12.5. The normalized spacial score (nSPS) is 12.8. The number of rotatable bonds is 4. The van der Waals surface area contributed by atoms with Crippen LogP contribution in [0.4, 0.5) is 0 Å². The Balaban J connectivity index is 0.00000289. The van der Waals surface area contributed by atoms with Gasteiger partial charge in [-0.15, -0.1) is 0 Å². The second-order valence-corrected chi connectivity index (χ2v) is 9.39. The maximum absolute atomic E-state index is 12.8. The Bertz CT molecular complexity index is 1580. The number of halogens is 2. The molecular formula is C29H27Cl2N3O. The van der Waals surface area contributed by atoms with Gasteiger partial charge in [0.05, 0.1) is 5.52 Å². The molecule has 2 N–H and O–H groups in total. The average molecular weight is 504 g/mol. The molecule has 0 aliphatic carbocycles. The van der Waals surface area contributed by atoms with E-state index >= 15 is 0 Å². The van der Waals surface area contributed by atoms with Gasteiger partial charge in [0, 0.05) is 47.5 Å². The average Bonchev–Trinajstić information content (AvgIpc) is 3.27. The fourth-order valence-electron chi connectivity index (χ4n) is 4.65. The van der Waals surface area contributed by atoms with E-state index in [4.69, 9.17) is 28.9 Å². The van der Waals surface area contributed by atoms with Crippen molar-refractivity contribution in [3.8, 4) is 11.1 Å². The number of aryl methyl sites for hydroxylation is 2. The summed E-state index contributed by atoms with van der Waals surface area (Å²) in [6.45, 7) is 0. The van der Waals surface area contributed by atoms with Crippen molar-refractivity contribution in [3.63, 3.8) is 0 Å². The van der Waals surface area contributed by atoms with Crippen LogP contribution in [0.25, 0.3) is 22.0 Å². The second kappa shape index (κ2) is 9.38. The Morgan fingerprint density at radius 2 is 1.51 bits per heavy atom. The maximum Gasteiger partial charge on any atom is 0.251 e. The third-order valence-electron chi connectivity index (χ3n) is 6.48. The molecule has 0 bridgehead atoms. The number of nitrogens with two attached hydrogens (primary N) is 1. The number of benzene rings is 3. The van der Waals surface area contributed by atoms with Gasteiger partial charge in [-0.2, -0.15) is 0 Å². The van der Waals surface area contributed by atoms with Crippen LogP contribution in [0.3, 0.4) is 0 Å². The number of hydrogen-bond acceptors (Lipinski definition) is 2. The summed E-state index contributed by atoms with van der Waals surface area (Å²) in [4.78, 5) is 12.8. The minimum atomic E-state index is -0.947. The first kappa shape index (κ1) is 24.8. The van der Waals surface area contributed by atoms with Gasteiger partial charge in [0.2, 0.25) is 0 Å². The number of nitrogens with zero attached hydrogens (tertiary/aromatic N) is 2. The summed E-state index contributed by atoms with van der Waals surface area (Å²) in [6, 6.07) is 26.8. The lowest BCUT2D eigenvalue weighted by atomic mass is 9.80. The number of pyridine rings is 1. The highest BCUT2D eigenvalue weighted by Gasteiger charge is 2.34. The number of aromatic nitrogens is 2. The molecule has 0 aliphatic rings. The van der Waals surface area contributed by atoms with Gasteiger partial charge in [-0.05, 0) is 70.8 Å². The van der Waals surface area contributed by atoms with Crippen molar-refractivity contribution in [2.24, 2.45) is 19.8 Å². The monoisotopic (exact) mass is 503 g/mol. The molecule has 0 saturated heterocycles. The molecule has 0 radical (unpaired) electrons. The van der Waals surface area contributed by atoms with Gasteiger partial charge in [-0.1, -0.05) is 61.0 Å². The van der Waals surface area contributed by atoms with Gasteiger partial charge >= 0.3 is 0 Å². The molecule has 0 aliphatic heterocycles. The van der Waals surface area contributed by atoms with E-state index in [2.05, 4.69) is 6.07 Å². The van der Waals surface area contributed by atoms with Crippen molar-refractivity contribution >= 4 is 34.1 Å². The van der Waals surface area contributed by atoms with Crippen LogP contribution in [-0.2, 0) is 19.6 Å². The van der Waals surface area contributed by atoms with E-state index in [1.807, 2.05) is 90.6 Å². The van der Waals surface area contributed by atoms with Gasteiger partial charge in [0.15, 0.2) is 0 Å². The summed E-state index contributed by atoms with van der Waals surface area (Å²) < 4.78 is 3.67. The van der Waals surface area contributed by atoms with Crippen molar-refractivity contribution in [3.05, 3.63) is 128 Å². The van der Waals surface area contributed by atoms with Crippen molar-refractivity contribution < 1.29 is 0 Å². The topological polar surface area (TPSA) is 52.9 Å². The molecular weight excluding hydrogens is 477 g/mol. The minimum absolute atomic E-state index is 0. The van der Waals surface area contributed by atoms with E-state index < -0.39 is 5.54 Å². The predicted octanol–water partition coefficient (Wildman–Crippen LogP) is 6.74. The first-order valence-corrected chi connectivity index (χ1v) is 11.6. The first-order chi connectivity index (χ1) is 16.3. The Morgan fingerprint density at radius 3 is 2.17 bits per heavy atom. The molecule has 5 rings (SSSR count). The van der Waals surface area contributed by atoms with Crippen molar-refractivity contribution in [1.82, 2.24) is 9.13 Å². The van der Waals surface area contributed by atoms with Crippen LogP contribution < -0.4 is 11.3 Å². The number of hydrogen-bond donors (Lipinski definition) is 1. The summed E-state index contributed by atoms with van der Waals surface area (Å²) in [7, 11) is 3.76. The van der Waals surface area contributed by atoms with Crippen LogP contribution in [0.2, 0.25) is 10.0 Å². The Morgan fingerprint density at radius 1 is 0.800 bits per heavy atom. The highest BCUT2D eigenvalue weighted by Crippen LogP contribution is 2.38. The highest BCUT2D eigenvalue weighted by atomic mass is 35.5. The standard InChI is InChI=1S/C28H23Cl2N3O.CH4/c1-32-14-4-7-26(32)28(31,19-8-11-21(29)12-9-19)20-10-13-25-24(16-20)23(17-27(34)33(25)2)18-5-3-6-22(30)15-18;/h3-17H,31H2,1-2H3;1H4. The van der Waals surface area contributed by atoms with Crippen LogP contribution in [0, 0.1) is 0 Å². The van der Waals surface area contributed by atoms with E-state index in [9.17, 15) is 4.79 Å². The minimum Gasteiger partial charge on any atom is -0.352 e.